The van der Waals surface area contributed by atoms with Crippen LogP contribution in [0.15, 0.2) is 12.1 Å². The van der Waals surface area contributed by atoms with Crippen molar-refractivity contribution in [3.63, 3.8) is 0 Å². The summed E-state index contributed by atoms with van der Waals surface area (Å²) in [5, 5.41) is 8.90. The zero-order chi connectivity index (χ0) is 17.9. The number of fused-ring (bicyclic) bond motifs is 1. The van der Waals surface area contributed by atoms with E-state index < -0.39 is 28.8 Å². The van der Waals surface area contributed by atoms with E-state index in [1.165, 1.54) is 18.4 Å². The van der Waals surface area contributed by atoms with Gasteiger partial charge in [0.15, 0.2) is 5.69 Å². The van der Waals surface area contributed by atoms with Crippen LogP contribution in [0.5, 0.6) is 5.88 Å². The Morgan fingerprint density at radius 3 is 2.75 bits per heavy atom. The van der Waals surface area contributed by atoms with Crippen molar-refractivity contribution in [2.75, 3.05) is 6.26 Å². The number of carboxylic acids is 1. The first-order valence-corrected chi connectivity index (χ1v) is 8.57. The minimum Gasteiger partial charge on any atom is -0.477 e. The summed E-state index contributed by atoms with van der Waals surface area (Å²) < 4.78 is 48.8. The predicted octanol–water partition coefficient (Wildman–Crippen LogP) is 3.55. The van der Waals surface area contributed by atoms with Gasteiger partial charge < -0.3 is 9.84 Å². The first kappa shape index (κ1) is 18.9. The minimum atomic E-state index is -4.75. The standard InChI is InChI=1S/C13H12F3NO5S2/c1-23-12(20)24-22-9(13(14,15)16)8-5-3-6-2-4-7(11(18)19)17-10(6)21-8/h2,4,8-9H,3,5H2,1H3,(H,18,19). The lowest BCUT2D eigenvalue weighted by Gasteiger charge is -2.31. The molecule has 6 nitrogen and oxygen atoms in total. The summed E-state index contributed by atoms with van der Waals surface area (Å²) >= 11 is 0.835. The van der Waals surface area contributed by atoms with Crippen LogP contribution in [-0.2, 0) is 10.6 Å². The zero-order valence-corrected chi connectivity index (χ0v) is 13.8. The van der Waals surface area contributed by atoms with E-state index in [0.29, 0.717) is 5.56 Å². The number of aromatic carboxylic acids is 1. The van der Waals surface area contributed by atoms with E-state index in [2.05, 4.69) is 9.17 Å². The average molecular weight is 383 g/mol. The van der Waals surface area contributed by atoms with Crippen LogP contribution in [0.4, 0.5) is 18.0 Å². The highest BCUT2D eigenvalue weighted by molar-refractivity contribution is 8.36. The summed E-state index contributed by atoms with van der Waals surface area (Å²) in [6, 6.07) is 2.72. The molecule has 2 heterocycles. The number of alkyl halides is 3. The van der Waals surface area contributed by atoms with E-state index in [-0.39, 0.29) is 36.5 Å². The Morgan fingerprint density at radius 2 is 2.17 bits per heavy atom. The molecule has 2 atom stereocenters. The lowest BCUT2D eigenvalue weighted by atomic mass is 10.0. The summed E-state index contributed by atoms with van der Waals surface area (Å²) in [5.74, 6) is -1.47. The third-order valence-electron chi connectivity index (χ3n) is 3.17. The highest BCUT2D eigenvalue weighted by atomic mass is 32.2. The van der Waals surface area contributed by atoms with Gasteiger partial charge in [0.25, 0.3) is 4.45 Å². The number of carbonyl (C=O) groups excluding carboxylic acids is 1. The molecule has 0 spiro atoms. The SMILES string of the molecule is CSC(=O)SOC(C1CCc2ccc(C(=O)O)nc2O1)C(F)(F)F. The number of hydrogen-bond donors (Lipinski definition) is 1. The minimum absolute atomic E-state index is 0.000701. The number of nitrogens with zero attached hydrogens (tertiary/aromatic N) is 1. The summed E-state index contributed by atoms with van der Waals surface area (Å²) in [7, 11) is 0. The highest BCUT2D eigenvalue weighted by Crippen LogP contribution is 2.36. The number of carbonyl (C=O) groups is 2. The molecule has 11 heteroatoms. The Bertz CT molecular complexity index is 641. The number of aryl methyl sites for hydroxylation is 1. The first-order valence-electron chi connectivity index (χ1n) is 6.60. The molecule has 0 saturated heterocycles. The molecular formula is C13H12F3NO5S2. The van der Waals surface area contributed by atoms with Crippen LogP contribution in [0, 0.1) is 0 Å². The molecule has 132 valence electrons. The van der Waals surface area contributed by atoms with Gasteiger partial charge in [-0.25, -0.2) is 9.78 Å². The van der Waals surface area contributed by atoms with Crippen LogP contribution in [0.25, 0.3) is 0 Å². The van der Waals surface area contributed by atoms with Crippen molar-refractivity contribution >= 4 is 34.2 Å². The second-order valence-corrected chi connectivity index (χ2v) is 6.52. The van der Waals surface area contributed by atoms with Crippen LogP contribution in [0.1, 0.15) is 22.5 Å². The molecule has 0 fully saturated rings. The molecule has 24 heavy (non-hydrogen) atoms. The molecule has 1 aliphatic rings. The molecule has 0 bridgehead atoms. The molecule has 1 N–H and O–H groups in total. The number of rotatable bonds is 4. The molecular weight excluding hydrogens is 371 g/mol. The van der Waals surface area contributed by atoms with Crippen molar-refractivity contribution in [3.8, 4) is 5.88 Å². The van der Waals surface area contributed by atoms with E-state index >= 15 is 0 Å². The van der Waals surface area contributed by atoms with Crippen molar-refractivity contribution in [2.24, 2.45) is 0 Å². The number of ether oxygens (including phenoxy) is 1. The van der Waals surface area contributed by atoms with E-state index in [1.54, 1.807) is 0 Å². The number of aromatic nitrogens is 1. The van der Waals surface area contributed by atoms with Gasteiger partial charge in [-0.15, -0.1) is 0 Å². The van der Waals surface area contributed by atoms with Crippen molar-refractivity contribution < 1.29 is 36.8 Å². The fourth-order valence-electron chi connectivity index (χ4n) is 2.05. The van der Waals surface area contributed by atoms with Gasteiger partial charge in [-0.05, 0) is 25.2 Å². The third kappa shape index (κ3) is 4.54. The highest BCUT2D eigenvalue weighted by Gasteiger charge is 2.49. The van der Waals surface area contributed by atoms with Crippen LogP contribution < -0.4 is 4.74 Å². The van der Waals surface area contributed by atoms with Crippen molar-refractivity contribution in [1.29, 1.82) is 0 Å². The number of carboxylic acid groups (broad SMARTS) is 1. The lowest BCUT2D eigenvalue weighted by molar-refractivity contribution is -0.215. The Morgan fingerprint density at radius 1 is 1.46 bits per heavy atom. The first-order chi connectivity index (χ1) is 11.2. The summed E-state index contributed by atoms with van der Waals surface area (Å²) in [6.07, 6.45) is -6.86. The Balaban J connectivity index is 2.19. The Hall–Kier alpha value is -1.46. The second kappa shape index (κ2) is 7.62. The van der Waals surface area contributed by atoms with E-state index in [1.807, 2.05) is 0 Å². The second-order valence-electron chi connectivity index (χ2n) is 4.76. The third-order valence-corrected chi connectivity index (χ3v) is 4.64. The number of thioether (sulfide) groups is 1. The molecule has 2 unspecified atom stereocenters. The molecule has 0 radical (unpaired) electrons. The van der Waals surface area contributed by atoms with E-state index in [0.717, 1.165) is 11.8 Å². The summed E-state index contributed by atoms with van der Waals surface area (Å²) in [6.45, 7) is 0. The quantitative estimate of drug-likeness (QED) is 0.790. The molecule has 1 aromatic heterocycles. The van der Waals surface area contributed by atoms with Crippen LogP contribution in [0.3, 0.4) is 0 Å². The van der Waals surface area contributed by atoms with Gasteiger partial charge >= 0.3 is 12.1 Å². The fourth-order valence-corrected chi connectivity index (χ4v) is 2.85. The molecule has 0 aromatic carbocycles. The van der Waals surface area contributed by atoms with Gasteiger partial charge in [0, 0.05) is 5.56 Å². The number of pyridine rings is 1. The molecule has 0 saturated carbocycles. The van der Waals surface area contributed by atoms with Gasteiger partial charge in [-0.2, -0.15) is 13.2 Å². The van der Waals surface area contributed by atoms with E-state index in [4.69, 9.17) is 9.84 Å². The lowest BCUT2D eigenvalue weighted by Crippen LogP contribution is -2.45. The van der Waals surface area contributed by atoms with Crippen LogP contribution in [0.2, 0.25) is 0 Å². The largest absolute Gasteiger partial charge is 0.477 e. The van der Waals surface area contributed by atoms with Crippen molar-refractivity contribution in [2.45, 2.75) is 31.2 Å². The maximum atomic E-state index is 13.2. The smallest absolute Gasteiger partial charge is 0.419 e. The molecule has 1 aromatic rings. The fraction of sp³-hybridized carbons (Fsp3) is 0.462. The molecule has 1 aliphatic heterocycles. The predicted molar refractivity (Wildman–Crippen MR) is 81.4 cm³/mol. The maximum absolute atomic E-state index is 13.2. The van der Waals surface area contributed by atoms with Gasteiger partial charge in [-0.1, -0.05) is 17.8 Å². The van der Waals surface area contributed by atoms with Gasteiger partial charge in [-0.3, -0.25) is 8.98 Å². The monoisotopic (exact) mass is 383 g/mol. The topological polar surface area (TPSA) is 85.7 Å². The Kier molecular flexibility index (Phi) is 5.99. The number of halogens is 3. The Labute approximate surface area is 143 Å². The maximum Gasteiger partial charge on any atom is 0.419 e. The molecule has 2 rings (SSSR count). The molecule has 0 amide bonds. The van der Waals surface area contributed by atoms with Gasteiger partial charge in [0.05, 0.1) is 12.0 Å². The van der Waals surface area contributed by atoms with Crippen molar-refractivity contribution in [3.05, 3.63) is 23.4 Å². The van der Waals surface area contributed by atoms with Crippen LogP contribution in [-0.4, -0.2) is 45.1 Å². The molecule has 0 aliphatic carbocycles. The summed E-state index contributed by atoms with van der Waals surface area (Å²) in [5.41, 5.74) is 0.191. The summed E-state index contributed by atoms with van der Waals surface area (Å²) in [4.78, 5) is 25.8. The van der Waals surface area contributed by atoms with Gasteiger partial charge in [0.1, 0.15) is 6.10 Å². The van der Waals surface area contributed by atoms with Crippen molar-refractivity contribution in [1.82, 2.24) is 4.98 Å². The zero-order valence-electron chi connectivity index (χ0n) is 12.2. The normalized spacial score (nSPS) is 18.4. The average Bonchev–Trinajstić information content (AvgIpc) is 2.52. The van der Waals surface area contributed by atoms with Gasteiger partial charge in [0.2, 0.25) is 12.0 Å². The number of hydrogen-bond acceptors (Lipinski definition) is 7. The van der Waals surface area contributed by atoms with Crippen LogP contribution >= 0.6 is 23.8 Å². The van der Waals surface area contributed by atoms with E-state index in [9.17, 15) is 22.8 Å².